The zero-order chi connectivity index (χ0) is 16.8. The Bertz CT molecular complexity index is 709. The van der Waals surface area contributed by atoms with Crippen LogP contribution in [-0.2, 0) is 4.74 Å². The Balaban J connectivity index is 2.16. The van der Waals surface area contributed by atoms with E-state index in [2.05, 4.69) is 0 Å². The van der Waals surface area contributed by atoms with E-state index in [1.54, 1.807) is 31.2 Å². The number of carboxylic acids is 1. The molecule has 0 aromatic heterocycles. The second-order valence-electron chi connectivity index (χ2n) is 4.51. The van der Waals surface area contributed by atoms with Crippen molar-refractivity contribution in [3.63, 3.8) is 0 Å². The van der Waals surface area contributed by atoms with Gasteiger partial charge >= 0.3 is 11.9 Å². The number of hydrogen-bond donors (Lipinski definition) is 1. The zero-order valence-corrected chi connectivity index (χ0v) is 13.6. The first kappa shape index (κ1) is 16.9. The molecule has 0 spiro atoms. The molecule has 0 bridgehead atoms. The minimum atomic E-state index is -1.03. The van der Waals surface area contributed by atoms with E-state index in [1.807, 2.05) is 12.1 Å². The standard InChI is InChI=1S/C17H16O5S/c1-3-22-17(20)11-4-6-12(7-5-11)23-13-8-9-14(16(18)19)15(10-13)21-2/h4-10H,3H2,1-2H3,(H,18,19). The van der Waals surface area contributed by atoms with Crippen molar-refractivity contribution in [2.45, 2.75) is 16.7 Å². The van der Waals surface area contributed by atoms with E-state index in [0.717, 1.165) is 9.79 Å². The molecule has 2 aromatic rings. The maximum atomic E-state index is 11.6. The highest BCUT2D eigenvalue weighted by atomic mass is 32.2. The number of rotatable bonds is 6. The first-order chi connectivity index (χ1) is 11.0. The van der Waals surface area contributed by atoms with Gasteiger partial charge in [0.2, 0.25) is 0 Å². The van der Waals surface area contributed by atoms with Crippen LogP contribution in [0.25, 0.3) is 0 Å². The lowest BCUT2D eigenvalue weighted by Gasteiger charge is -2.08. The van der Waals surface area contributed by atoms with Gasteiger partial charge in [-0.25, -0.2) is 9.59 Å². The van der Waals surface area contributed by atoms with Gasteiger partial charge in [0.25, 0.3) is 0 Å². The summed E-state index contributed by atoms with van der Waals surface area (Å²) in [6, 6.07) is 11.9. The maximum Gasteiger partial charge on any atom is 0.339 e. The van der Waals surface area contributed by atoms with Gasteiger partial charge < -0.3 is 14.6 Å². The number of carboxylic acid groups (broad SMARTS) is 1. The van der Waals surface area contributed by atoms with Gasteiger partial charge in [-0.05, 0) is 49.4 Å². The molecule has 0 fully saturated rings. The average molecular weight is 332 g/mol. The third-order valence-electron chi connectivity index (χ3n) is 3.00. The minimum absolute atomic E-state index is 0.120. The number of hydrogen-bond acceptors (Lipinski definition) is 5. The molecule has 2 rings (SSSR count). The molecule has 23 heavy (non-hydrogen) atoms. The van der Waals surface area contributed by atoms with Gasteiger partial charge in [-0.1, -0.05) is 11.8 Å². The van der Waals surface area contributed by atoms with Gasteiger partial charge in [-0.15, -0.1) is 0 Å². The van der Waals surface area contributed by atoms with Crippen LogP contribution in [-0.4, -0.2) is 30.8 Å². The minimum Gasteiger partial charge on any atom is -0.496 e. The van der Waals surface area contributed by atoms with Crippen LogP contribution in [0.4, 0.5) is 0 Å². The monoisotopic (exact) mass is 332 g/mol. The summed E-state index contributed by atoms with van der Waals surface area (Å²) >= 11 is 1.45. The molecule has 0 atom stereocenters. The quantitative estimate of drug-likeness (QED) is 0.813. The zero-order valence-electron chi connectivity index (χ0n) is 12.7. The lowest BCUT2D eigenvalue weighted by Crippen LogP contribution is -2.03. The van der Waals surface area contributed by atoms with Crippen LogP contribution < -0.4 is 4.74 Å². The predicted octanol–water partition coefficient (Wildman–Crippen LogP) is 3.72. The van der Waals surface area contributed by atoms with Crippen molar-refractivity contribution in [1.29, 1.82) is 0 Å². The highest BCUT2D eigenvalue weighted by Gasteiger charge is 2.12. The Morgan fingerprint density at radius 3 is 2.30 bits per heavy atom. The van der Waals surface area contributed by atoms with Crippen LogP contribution in [0, 0.1) is 0 Å². The van der Waals surface area contributed by atoms with Crippen LogP contribution in [0.3, 0.4) is 0 Å². The number of ether oxygens (including phenoxy) is 2. The van der Waals surface area contributed by atoms with Gasteiger partial charge in [0.1, 0.15) is 11.3 Å². The molecule has 1 N–H and O–H groups in total. The Morgan fingerprint density at radius 2 is 1.74 bits per heavy atom. The molecule has 6 heteroatoms. The number of methoxy groups -OCH3 is 1. The third kappa shape index (κ3) is 4.26. The fourth-order valence-corrected chi connectivity index (χ4v) is 2.77. The Morgan fingerprint density at radius 1 is 1.09 bits per heavy atom. The van der Waals surface area contributed by atoms with Crippen LogP contribution in [0.15, 0.2) is 52.3 Å². The van der Waals surface area contributed by atoms with Gasteiger partial charge in [-0.3, -0.25) is 0 Å². The summed E-state index contributed by atoms with van der Waals surface area (Å²) in [7, 11) is 1.43. The molecular weight excluding hydrogens is 316 g/mol. The topological polar surface area (TPSA) is 72.8 Å². The summed E-state index contributed by atoms with van der Waals surface area (Å²) in [6.45, 7) is 2.10. The van der Waals surface area contributed by atoms with Gasteiger partial charge in [0.15, 0.2) is 0 Å². The molecule has 120 valence electrons. The SMILES string of the molecule is CCOC(=O)c1ccc(Sc2ccc(C(=O)O)c(OC)c2)cc1. The van der Waals surface area contributed by atoms with Crippen LogP contribution in [0.2, 0.25) is 0 Å². The molecule has 0 saturated carbocycles. The van der Waals surface area contributed by atoms with E-state index in [0.29, 0.717) is 17.9 Å². The first-order valence-electron chi connectivity index (χ1n) is 6.91. The van der Waals surface area contributed by atoms with E-state index in [-0.39, 0.29) is 11.5 Å². The van der Waals surface area contributed by atoms with Crippen LogP contribution in [0.5, 0.6) is 5.75 Å². The van der Waals surface area contributed by atoms with Crippen molar-refractivity contribution in [3.05, 3.63) is 53.6 Å². The van der Waals surface area contributed by atoms with E-state index in [1.165, 1.54) is 24.9 Å². The number of benzene rings is 2. The van der Waals surface area contributed by atoms with Gasteiger partial charge in [-0.2, -0.15) is 0 Å². The third-order valence-corrected chi connectivity index (χ3v) is 4.00. The fourth-order valence-electron chi connectivity index (χ4n) is 1.92. The molecule has 0 radical (unpaired) electrons. The molecule has 2 aromatic carbocycles. The molecule has 0 saturated heterocycles. The first-order valence-corrected chi connectivity index (χ1v) is 7.73. The van der Waals surface area contributed by atoms with Crippen molar-refractivity contribution in [1.82, 2.24) is 0 Å². The van der Waals surface area contributed by atoms with E-state index < -0.39 is 5.97 Å². The molecule has 0 aliphatic rings. The fraction of sp³-hybridized carbons (Fsp3) is 0.176. The summed E-state index contributed by atoms with van der Waals surface area (Å²) in [5.74, 6) is -1.07. The highest BCUT2D eigenvalue weighted by Crippen LogP contribution is 2.32. The van der Waals surface area contributed by atoms with Crippen LogP contribution in [0.1, 0.15) is 27.6 Å². The second-order valence-corrected chi connectivity index (χ2v) is 5.66. The number of carbonyl (C=O) groups is 2. The van der Waals surface area contributed by atoms with Crippen molar-refractivity contribution in [3.8, 4) is 5.75 Å². The van der Waals surface area contributed by atoms with Crippen LogP contribution >= 0.6 is 11.8 Å². The Labute approximate surface area is 138 Å². The maximum absolute atomic E-state index is 11.6. The lowest BCUT2D eigenvalue weighted by atomic mass is 10.2. The average Bonchev–Trinajstić information content (AvgIpc) is 2.55. The smallest absolute Gasteiger partial charge is 0.339 e. The van der Waals surface area contributed by atoms with Crippen molar-refractivity contribution in [2.75, 3.05) is 13.7 Å². The highest BCUT2D eigenvalue weighted by molar-refractivity contribution is 7.99. The second kappa shape index (κ2) is 7.69. The van der Waals surface area contributed by atoms with E-state index in [9.17, 15) is 9.59 Å². The molecule has 0 amide bonds. The van der Waals surface area contributed by atoms with E-state index in [4.69, 9.17) is 14.6 Å². The lowest BCUT2D eigenvalue weighted by molar-refractivity contribution is 0.0525. The van der Waals surface area contributed by atoms with Crippen molar-refractivity contribution < 1.29 is 24.2 Å². The number of aromatic carboxylic acids is 1. The molecule has 0 aliphatic heterocycles. The van der Waals surface area contributed by atoms with E-state index >= 15 is 0 Å². The number of carbonyl (C=O) groups excluding carboxylic acids is 1. The Kier molecular flexibility index (Phi) is 5.65. The normalized spacial score (nSPS) is 10.2. The molecule has 5 nitrogen and oxygen atoms in total. The molecular formula is C17H16O5S. The Hall–Kier alpha value is -2.47. The molecule has 0 unspecified atom stereocenters. The van der Waals surface area contributed by atoms with Gasteiger partial charge in [0, 0.05) is 9.79 Å². The summed E-state index contributed by atoms with van der Waals surface area (Å²) in [5.41, 5.74) is 0.615. The summed E-state index contributed by atoms with van der Waals surface area (Å²) in [4.78, 5) is 24.4. The summed E-state index contributed by atoms with van der Waals surface area (Å²) < 4.78 is 10.0. The summed E-state index contributed by atoms with van der Waals surface area (Å²) in [5, 5.41) is 9.07. The largest absolute Gasteiger partial charge is 0.496 e. The van der Waals surface area contributed by atoms with Crippen molar-refractivity contribution >= 4 is 23.7 Å². The molecule has 0 aliphatic carbocycles. The number of esters is 1. The predicted molar refractivity (Wildman–Crippen MR) is 86.5 cm³/mol. The van der Waals surface area contributed by atoms with Crippen molar-refractivity contribution in [2.24, 2.45) is 0 Å². The van der Waals surface area contributed by atoms with Gasteiger partial charge in [0.05, 0.1) is 19.3 Å². The molecule has 0 heterocycles. The summed E-state index contributed by atoms with van der Waals surface area (Å²) in [6.07, 6.45) is 0.